The summed E-state index contributed by atoms with van der Waals surface area (Å²) < 4.78 is 5.88. The zero-order valence-electron chi connectivity index (χ0n) is 16.7. The first-order valence-corrected chi connectivity index (χ1v) is 9.32. The third kappa shape index (κ3) is 5.91. The van der Waals surface area contributed by atoms with Gasteiger partial charge in [0.2, 0.25) is 0 Å². The molecule has 0 bridgehead atoms. The number of piperidine rings is 1. The van der Waals surface area contributed by atoms with E-state index in [1.54, 1.807) is 6.07 Å². The molecule has 5 heteroatoms. The van der Waals surface area contributed by atoms with E-state index in [2.05, 4.69) is 24.1 Å². The molecule has 0 unspecified atom stereocenters. The smallest absolute Gasteiger partial charge is 0.171 e. The molecular weight excluding hydrogens is 340 g/mol. The lowest BCUT2D eigenvalue weighted by molar-refractivity contribution is -0.106. The highest BCUT2D eigenvalue weighted by Gasteiger charge is 2.25. The number of hydrogen-bond acceptors (Lipinski definition) is 5. The lowest BCUT2D eigenvalue weighted by Gasteiger charge is -2.38. The van der Waals surface area contributed by atoms with E-state index < -0.39 is 0 Å². The van der Waals surface area contributed by atoms with Gasteiger partial charge < -0.3 is 24.9 Å². The standard InChI is InChI=1S/C20H26N2O2.C2H4O/c1-20(2)10-12-22(13-11-20)16-6-9-18(23)19(14-16)24-17-7-4-15(21-3)5-8-17;1-2-3/h4-9,14,21,23H,10-13H2,1-3H3;2H,1H3. The van der Waals surface area contributed by atoms with E-state index in [9.17, 15) is 5.11 Å². The normalized spacial score (nSPS) is 15.3. The summed E-state index contributed by atoms with van der Waals surface area (Å²) in [5.74, 6) is 1.37. The van der Waals surface area contributed by atoms with Crippen molar-refractivity contribution in [2.45, 2.75) is 33.6 Å². The zero-order valence-corrected chi connectivity index (χ0v) is 16.7. The van der Waals surface area contributed by atoms with Crippen LogP contribution in [0.1, 0.15) is 33.6 Å². The number of carbonyl (C=O) groups is 1. The van der Waals surface area contributed by atoms with Crippen LogP contribution in [0.3, 0.4) is 0 Å². The Morgan fingerprint density at radius 1 is 1.11 bits per heavy atom. The second-order valence-electron chi connectivity index (χ2n) is 7.42. The van der Waals surface area contributed by atoms with E-state index in [1.807, 2.05) is 43.4 Å². The van der Waals surface area contributed by atoms with Gasteiger partial charge in [-0.25, -0.2) is 0 Å². The van der Waals surface area contributed by atoms with Gasteiger partial charge in [-0.05, 0) is 61.6 Å². The Morgan fingerprint density at radius 3 is 2.26 bits per heavy atom. The third-order valence-corrected chi connectivity index (χ3v) is 4.80. The molecule has 1 saturated heterocycles. The number of phenolic OH excluding ortho intramolecular Hbond substituents is 1. The van der Waals surface area contributed by atoms with Crippen LogP contribution >= 0.6 is 0 Å². The summed E-state index contributed by atoms with van der Waals surface area (Å²) in [7, 11) is 1.88. The second-order valence-corrected chi connectivity index (χ2v) is 7.42. The fourth-order valence-electron chi connectivity index (χ4n) is 2.97. The van der Waals surface area contributed by atoms with Crippen LogP contribution < -0.4 is 15.0 Å². The Hall–Kier alpha value is -2.69. The SMILES string of the molecule is CC=O.CNc1ccc(Oc2cc(N3CCC(C)(C)CC3)ccc2O)cc1. The van der Waals surface area contributed by atoms with Crippen LogP contribution in [0.4, 0.5) is 11.4 Å². The number of nitrogens with zero attached hydrogens (tertiary/aromatic N) is 1. The van der Waals surface area contributed by atoms with Gasteiger partial charge in [0.25, 0.3) is 0 Å². The van der Waals surface area contributed by atoms with Crippen molar-refractivity contribution >= 4 is 17.7 Å². The number of phenols is 1. The fraction of sp³-hybridized carbons (Fsp3) is 0.409. The molecule has 2 N–H and O–H groups in total. The van der Waals surface area contributed by atoms with E-state index in [1.165, 1.54) is 19.8 Å². The van der Waals surface area contributed by atoms with Crippen LogP contribution in [0, 0.1) is 5.41 Å². The number of carbonyl (C=O) groups excluding carboxylic acids is 1. The van der Waals surface area contributed by atoms with Gasteiger partial charge in [0.05, 0.1) is 0 Å². The van der Waals surface area contributed by atoms with Crippen LogP contribution in [0.25, 0.3) is 0 Å². The first-order valence-electron chi connectivity index (χ1n) is 9.32. The van der Waals surface area contributed by atoms with Crippen molar-refractivity contribution in [1.82, 2.24) is 0 Å². The van der Waals surface area contributed by atoms with Gasteiger partial charge in [-0.15, -0.1) is 0 Å². The molecule has 0 atom stereocenters. The summed E-state index contributed by atoms with van der Waals surface area (Å²) in [5, 5.41) is 13.2. The highest BCUT2D eigenvalue weighted by Crippen LogP contribution is 2.37. The van der Waals surface area contributed by atoms with Gasteiger partial charge >= 0.3 is 0 Å². The molecule has 1 aliphatic rings. The summed E-state index contributed by atoms with van der Waals surface area (Å²) in [6.07, 6.45) is 3.10. The molecule has 2 aromatic rings. The minimum absolute atomic E-state index is 0.161. The average molecular weight is 370 g/mol. The number of hydrogen-bond donors (Lipinski definition) is 2. The van der Waals surface area contributed by atoms with Crippen molar-refractivity contribution in [3.63, 3.8) is 0 Å². The first kappa shape index (κ1) is 20.6. The van der Waals surface area contributed by atoms with Crippen molar-refractivity contribution in [3.8, 4) is 17.2 Å². The van der Waals surface area contributed by atoms with Crippen LogP contribution in [0.15, 0.2) is 42.5 Å². The molecule has 1 heterocycles. The summed E-state index contributed by atoms with van der Waals surface area (Å²) >= 11 is 0. The van der Waals surface area contributed by atoms with E-state index in [-0.39, 0.29) is 5.75 Å². The maximum absolute atomic E-state index is 10.1. The Kier molecular flexibility index (Phi) is 7.11. The molecule has 5 nitrogen and oxygen atoms in total. The zero-order chi connectivity index (χ0) is 19.9. The molecule has 1 aliphatic heterocycles. The van der Waals surface area contributed by atoms with Crippen molar-refractivity contribution < 1.29 is 14.6 Å². The molecule has 3 rings (SSSR count). The van der Waals surface area contributed by atoms with Crippen molar-refractivity contribution in [3.05, 3.63) is 42.5 Å². The minimum Gasteiger partial charge on any atom is -0.504 e. The predicted molar refractivity (Wildman–Crippen MR) is 111 cm³/mol. The first-order chi connectivity index (χ1) is 12.9. The van der Waals surface area contributed by atoms with Crippen molar-refractivity contribution in [2.24, 2.45) is 5.41 Å². The highest BCUT2D eigenvalue weighted by molar-refractivity contribution is 5.57. The van der Waals surface area contributed by atoms with Crippen LogP contribution in [-0.2, 0) is 4.79 Å². The van der Waals surface area contributed by atoms with Gasteiger partial charge in [-0.1, -0.05) is 13.8 Å². The molecule has 2 aromatic carbocycles. The van der Waals surface area contributed by atoms with Crippen LogP contribution in [-0.4, -0.2) is 31.5 Å². The number of ether oxygens (including phenoxy) is 1. The Balaban J connectivity index is 0.000000817. The Bertz CT molecular complexity index is 732. The van der Waals surface area contributed by atoms with Gasteiger partial charge in [0.15, 0.2) is 11.5 Å². The number of anilines is 2. The van der Waals surface area contributed by atoms with Gasteiger partial charge in [0, 0.05) is 37.6 Å². The molecule has 0 amide bonds. The van der Waals surface area contributed by atoms with E-state index in [0.717, 1.165) is 30.8 Å². The maximum atomic E-state index is 10.1. The number of aromatic hydroxyl groups is 1. The van der Waals surface area contributed by atoms with Gasteiger partial charge in [-0.2, -0.15) is 0 Å². The molecule has 146 valence electrons. The summed E-state index contributed by atoms with van der Waals surface area (Å²) in [6.45, 7) is 8.16. The quantitative estimate of drug-likeness (QED) is 0.737. The number of aldehydes is 1. The van der Waals surface area contributed by atoms with E-state index in [4.69, 9.17) is 9.53 Å². The number of rotatable bonds is 4. The molecule has 0 aliphatic carbocycles. The van der Waals surface area contributed by atoms with E-state index >= 15 is 0 Å². The summed E-state index contributed by atoms with van der Waals surface area (Å²) in [5.41, 5.74) is 2.54. The van der Waals surface area contributed by atoms with Crippen LogP contribution in [0.5, 0.6) is 17.2 Å². The Labute approximate surface area is 162 Å². The lowest BCUT2D eigenvalue weighted by Crippen LogP contribution is -2.37. The van der Waals surface area contributed by atoms with Gasteiger partial charge in [0.1, 0.15) is 12.0 Å². The second kappa shape index (κ2) is 9.31. The molecule has 27 heavy (non-hydrogen) atoms. The predicted octanol–water partition coefficient (Wildman–Crippen LogP) is 5.06. The highest BCUT2D eigenvalue weighted by atomic mass is 16.5. The molecule has 0 saturated carbocycles. The van der Waals surface area contributed by atoms with Crippen molar-refractivity contribution in [1.29, 1.82) is 0 Å². The minimum atomic E-state index is 0.161. The molecule has 0 radical (unpaired) electrons. The van der Waals surface area contributed by atoms with Gasteiger partial charge in [-0.3, -0.25) is 0 Å². The number of nitrogens with one attached hydrogen (secondary N) is 1. The topological polar surface area (TPSA) is 61.8 Å². The largest absolute Gasteiger partial charge is 0.504 e. The van der Waals surface area contributed by atoms with E-state index in [0.29, 0.717) is 16.9 Å². The lowest BCUT2D eigenvalue weighted by atomic mass is 9.82. The molecule has 0 spiro atoms. The molecule has 0 aromatic heterocycles. The molecule has 1 fully saturated rings. The summed E-state index contributed by atoms with van der Waals surface area (Å²) in [6, 6.07) is 13.3. The average Bonchev–Trinajstić information content (AvgIpc) is 2.65. The monoisotopic (exact) mass is 370 g/mol. The summed E-state index contributed by atoms with van der Waals surface area (Å²) in [4.78, 5) is 11.2. The third-order valence-electron chi connectivity index (χ3n) is 4.80. The molecular formula is C22H30N2O3. The number of benzene rings is 2. The maximum Gasteiger partial charge on any atom is 0.171 e. The fourth-order valence-corrected chi connectivity index (χ4v) is 2.97. The Morgan fingerprint density at radius 2 is 1.70 bits per heavy atom. The van der Waals surface area contributed by atoms with Crippen LogP contribution in [0.2, 0.25) is 0 Å². The van der Waals surface area contributed by atoms with Crippen molar-refractivity contribution in [2.75, 3.05) is 30.4 Å².